The Morgan fingerprint density at radius 1 is 1.33 bits per heavy atom. The lowest BCUT2D eigenvalue weighted by Crippen LogP contribution is -2.49. The Morgan fingerprint density at radius 2 is 2.10 bits per heavy atom. The van der Waals surface area contributed by atoms with Gasteiger partial charge in [0.05, 0.1) is 5.69 Å². The Hall–Kier alpha value is -1.46. The first-order valence-electron chi connectivity index (χ1n) is 7.82. The molecule has 0 radical (unpaired) electrons. The van der Waals surface area contributed by atoms with Gasteiger partial charge in [-0.05, 0) is 25.6 Å². The fraction of sp³-hybridized carbons (Fsp3) is 0.625. The molecule has 1 amide bonds. The molecule has 0 aliphatic carbocycles. The molecule has 0 aromatic carbocycles. The van der Waals surface area contributed by atoms with Crippen molar-refractivity contribution in [2.45, 2.75) is 32.9 Å². The standard InChI is InChI=1S/C16H26N4O/c1-3-17-14(2)12-16(21)20-10-8-19(9-11-20)13-15-6-4-5-7-18-15/h4-7,14,17H,3,8-13H2,1-2H3. The average Bonchev–Trinajstić information content (AvgIpc) is 2.49. The van der Waals surface area contributed by atoms with Crippen LogP contribution in [0.5, 0.6) is 0 Å². The van der Waals surface area contributed by atoms with Gasteiger partial charge in [-0.2, -0.15) is 0 Å². The number of hydrogen-bond acceptors (Lipinski definition) is 4. The minimum absolute atomic E-state index is 0.258. The summed E-state index contributed by atoms with van der Waals surface area (Å²) in [6.07, 6.45) is 2.42. The van der Waals surface area contributed by atoms with Crippen molar-refractivity contribution in [2.24, 2.45) is 0 Å². The summed E-state index contributed by atoms with van der Waals surface area (Å²) >= 11 is 0. The van der Waals surface area contributed by atoms with E-state index >= 15 is 0 Å². The van der Waals surface area contributed by atoms with E-state index in [1.807, 2.05) is 23.2 Å². The van der Waals surface area contributed by atoms with Gasteiger partial charge in [0.25, 0.3) is 0 Å². The number of hydrogen-bond donors (Lipinski definition) is 1. The van der Waals surface area contributed by atoms with Crippen LogP contribution in [0.15, 0.2) is 24.4 Å². The third-order valence-corrected chi connectivity index (χ3v) is 3.87. The van der Waals surface area contributed by atoms with Crippen molar-refractivity contribution in [2.75, 3.05) is 32.7 Å². The fourth-order valence-corrected chi connectivity index (χ4v) is 2.69. The number of nitrogens with one attached hydrogen (secondary N) is 1. The molecule has 1 aromatic rings. The summed E-state index contributed by atoms with van der Waals surface area (Å²) in [5, 5.41) is 3.29. The van der Waals surface area contributed by atoms with Gasteiger partial charge in [-0.15, -0.1) is 0 Å². The van der Waals surface area contributed by atoms with Gasteiger partial charge in [-0.1, -0.05) is 13.0 Å². The molecule has 1 unspecified atom stereocenters. The fourth-order valence-electron chi connectivity index (χ4n) is 2.69. The lowest BCUT2D eigenvalue weighted by Gasteiger charge is -2.35. The van der Waals surface area contributed by atoms with Crippen LogP contribution in [0.3, 0.4) is 0 Å². The topological polar surface area (TPSA) is 48.5 Å². The highest BCUT2D eigenvalue weighted by Gasteiger charge is 2.22. The molecule has 1 saturated heterocycles. The van der Waals surface area contributed by atoms with E-state index in [-0.39, 0.29) is 11.9 Å². The third-order valence-electron chi connectivity index (χ3n) is 3.87. The van der Waals surface area contributed by atoms with Gasteiger partial charge in [-0.3, -0.25) is 14.7 Å². The van der Waals surface area contributed by atoms with E-state index in [1.165, 1.54) is 0 Å². The predicted octanol–water partition coefficient (Wildman–Crippen LogP) is 1.11. The summed E-state index contributed by atoms with van der Waals surface area (Å²) in [6.45, 7) is 9.42. The largest absolute Gasteiger partial charge is 0.340 e. The lowest BCUT2D eigenvalue weighted by atomic mass is 10.2. The van der Waals surface area contributed by atoms with Gasteiger partial charge in [-0.25, -0.2) is 0 Å². The third kappa shape index (κ3) is 5.10. The molecule has 2 heterocycles. The zero-order chi connectivity index (χ0) is 15.1. The van der Waals surface area contributed by atoms with Gasteiger partial charge in [0.1, 0.15) is 0 Å². The van der Waals surface area contributed by atoms with Crippen LogP contribution in [-0.4, -0.2) is 59.5 Å². The molecule has 1 N–H and O–H groups in total. The van der Waals surface area contributed by atoms with Crippen LogP contribution < -0.4 is 5.32 Å². The molecule has 1 aliphatic rings. The summed E-state index contributed by atoms with van der Waals surface area (Å²) < 4.78 is 0. The molecule has 0 bridgehead atoms. The van der Waals surface area contributed by atoms with Gasteiger partial charge in [0, 0.05) is 51.4 Å². The second-order valence-electron chi connectivity index (χ2n) is 5.64. The first kappa shape index (κ1) is 15.9. The Balaban J connectivity index is 1.74. The van der Waals surface area contributed by atoms with Crippen molar-refractivity contribution in [1.29, 1.82) is 0 Å². The molecule has 1 aliphatic heterocycles. The molecule has 0 spiro atoms. The minimum Gasteiger partial charge on any atom is -0.340 e. The molecular formula is C16H26N4O. The van der Waals surface area contributed by atoms with Crippen molar-refractivity contribution in [3.8, 4) is 0 Å². The Labute approximate surface area is 127 Å². The Morgan fingerprint density at radius 3 is 2.71 bits per heavy atom. The lowest BCUT2D eigenvalue weighted by molar-refractivity contribution is -0.133. The van der Waals surface area contributed by atoms with Gasteiger partial charge >= 0.3 is 0 Å². The Bertz CT molecular complexity index is 429. The number of pyridine rings is 1. The maximum absolute atomic E-state index is 12.2. The van der Waals surface area contributed by atoms with Crippen molar-refractivity contribution in [3.63, 3.8) is 0 Å². The van der Waals surface area contributed by atoms with E-state index in [0.717, 1.165) is 45.0 Å². The molecule has 2 rings (SSSR count). The summed E-state index contributed by atoms with van der Waals surface area (Å²) in [5.41, 5.74) is 1.10. The zero-order valence-corrected chi connectivity index (χ0v) is 13.1. The van der Waals surface area contributed by atoms with Crippen LogP contribution in [0.25, 0.3) is 0 Å². The monoisotopic (exact) mass is 290 g/mol. The zero-order valence-electron chi connectivity index (χ0n) is 13.1. The number of rotatable bonds is 6. The molecule has 116 valence electrons. The van der Waals surface area contributed by atoms with E-state index < -0.39 is 0 Å². The predicted molar refractivity (Wildman–Crippen MR) is 83.8 cm³/mol. The van der Waals surface area contributed by atoms with E-state index in [1.54, 1.807) is 0 Å². The number of carbonyl (C=O) groups excluding carboxylic acids is 1. The molecule has 1 aromatic heterocycles. The van der Waals surface area contributed by atoms with Crippen LogP contribution >= 0.6 is 0 Å². The average molecular weight is 290 g/mol. The van der Waals surface area contributed by atoms with Crippen molar-refractivity contribution in [1.82, 2.24) is 20.1 Å². The van der Waals surface area contributed by atoms with Gasteiger partial charge in [0.15, 0.2) is 0 Å². The maximum atomic E-state index is 12.2. The van der Waals surface area contributed by atoms with E-state index in [2.05, 4.69) is 35.1 Å². The van der Waals surface area contributed by atoms with E-state index in [4.69, 9.17) is 0 Å². The number of piperazine rings is 1. The van der Waals surface area contributed by atoms with E-state index in [9.17, 15) is 4.79 Å². The molecule has 5 heteroatoms. The normalized spacial score (nSPS) is 17.7. The highest BCUT2D eigenvalue weighted by molar-refractivity contribution is 5.76. The van der Waals surface area contributed by atoms with Crippen LogP contribution in [0.1, 0.15) is 26.0 Å². The molecule has 5 nitrogen and oxygen atoms in total. The number of amides is 1. The maximum Gasteiger partial charge on any atom is 0.224 e. The summed E-state index contributed by atoms with van der Waals surface area (Å²) in [4.78, 5) is 20.9. The summed E-state index contributed by atoms with van der Waals surface area (Å²) in [6, 6.07) is 6.26. The number of nitrogens with zero attached hydrogens (tertiary/aromatic N) is 3. The quantitative estimate of drug-likeness (QED) is 0.853. The molecular weight excluding hydrogens is 264 g/mol. The van der Waals surface area contributed by atoms with Crippen LogP contribution in [0.4, 0.5) is 0 Å². The summed E-state index contributed by atoms with van der Waals surface area (Å²) in [7, 11) is 0. The molecule has 1 atom stereocenters. The Kier molecular flexibility index (Phi) is 6.14. The van der Waals surface area contributed by atoms with E-state index in [0.29, 0.717) is 6.42 Å². The second-order valence-corrected chi connectivity index (χ2v) is 5.64. The number of aromatic nitrogens is 1. The van der Waals surface area contributed by atoms with Crippen molar-refractivity contribution in [3.05, 3.63) is 30.1 Å². The highest BCUT2D eigenvalue weighted by atomic mass is 16.2. The molecule has 21 heavy (non-hydrogen) atoms. The van der Waals surface area contributed by atoms with Gasteiger partial charge < -0.3 is 10.2 Å². The minimum atomic E-state index is 0.258. The SMILES string of the molecule is CCNC(C)CC(=O)N1CCN(Cc2ccccn2)CC1. The summed E-state index contributed by atoms with van der Waals surface area (Å²) in [5.74, 6) is 0.265. The highest BCUT2D eigenvalue weighted by Crippen LogP contribution is 2.08. The first-order valence-corrected chi connectivity index (χ1v) is 7.82. The molecule has 1 fully saturated rings. The van der Waals surface area contributed by atoms with Crippen LogP contribution in [0, 0.1) is 0 Å². The molecule has 0 saturated carbocycles. The van der Waals surface area contributed by atoms with Crippen LogP contribution in [0.2, 0.25) is 0 Å². The van der Waals surface area contributed by atoms with Gasteiger partial charge in [0.2, 0.25) is 5.91 Å². The number of carbonyl (C=O) groups is 1. The second kappa shape index (κ2) is 8.10. The van der Waals surface area contributed by atoms with Crippen molar-refractivity contribution < 1.29 is 4.79 Å². The van der Waals surface area contributed by atoms with Crippen molar-refractivity contribution >= 4 is 5.91 Å². The first-order chi connectivity index (χ1) is 10.2. The van der Waals surface area contributed by atoms with Crippen LogP contribution in [-0.2, 0) is 11.3 Å². The smallest absolute Gasteiger partial charge is 0.224 e.